The zero-order valence-electron chi connectivity index (χ0n) is 10.6. The van der Waals surface area contributed by atoms with Crippen LogP contribution in [0.25, 0.3) is 6.08 Å². The smallest absolute Gasteiger partial charge is 0.330 e. The fraction of sp³-hybridized carbons (Fsp3) is 0.308. The van der Waals surface area contributed by atoms with Crippen molar-refractivity contribution >= 4 is 12.0 Å². The maximum Gasteiger partial charge on any atom is 0.330 e. The fourth-order valence-electron chi connectivity index (χ4n) is 1.22. The molecule has 110 valence electrons. The minimum atomic E-state index is -2.25. The van der Waals surface area contributed by atoms with E-state index < -0.39 is 40.6 Å². The van der Waals surface area contributed by atoms with Gasteiger partial charge in [0, 0.05) is 6.08 Å². The van der Waals surface area contributed by atoms with E-state index in [0.717, 1.165) is 0 Å². The third kappa shape index (κ3) is 3.55. The summed E-state index contributed by atoms with van der Waals surface area (Å²) >= 11 is 0. The molecule has 0 aromatic heterocycles. The molecule has 0 bridgehead atoms. The van der Waals surface area contributed by atoms with Gasteiger partial charge in [-0.05, 0) is 12.0 Å². The molecule has 0 amide bonds. The van der Waals surface area contributed by atoms with E-state index in [1.165, 1.54) is 0 Å². The van der Waals surface area contributed by atoms with E-state index in [9.17, 15) is 26.7 Å². The Balaban J connectivity index is 3.01. The van der Waals surface area contributed by atoms with E-state index in [0.29, 0.717) is 12.2 Å². The van der Waals surface area contributed by atoms with Gasteiger partial charge in [-0.1, -0.05) is 13.8 Å². The average molecular weight is 294 g/mol. The number of hydrogen-bond donors (Lipinski definition) is 0. The molecule has 0 fully saturated rings. The number of carbonyl (C=O) groups excluding carboxylic acids is 1. The molecular formula is C13H11F5O2. The van der Waals surface area contributed by atoms with Crippen LogP contribution in [-0.4, -0.2) is 12.6 Å². The molecule has 1 aromatic rings. The number of esters is 1. The highest BCUT2D eigenvalue weighted by Crippen LogP contribution is 2.23. The van der Waals surface area contributed by atoms with Crippen LogP contribution in [0.1, 0.15) is 19.4 Å². The zero-order valence-corrected chi connectivity index (χ0v) is 10.6. The number of benzene rings is 1. The number of rotatable bonds is 4. The van der Waals surface area contributed by atoms with Gasteiger partial charge in [0.25, 0.3) is 0 Å². The summed E-state index contributed by atoms with van der Waals surface area (Å²) in [5, 5.41) is 0. The predicted octanol–water partition coefficient (Wildman–Crippen LogP) is 3.59. The predicted molar refractivity (Wildman–Crippen MR) is 61.1 cm³/mol. The van der Waals surface area contributed by atoms with Crippen molar-refractivity contribution in [2.75, 3.05) is 6.61 Å². The molecule has 0 radical (unpaired) electrons. The van der Waals surface area contributed by atoms with Gasteiger partial charge in [0.05, 0.1) is 12.2 Å². The van der Waals surface area contributed by atoms with Crippen molar-refractivity contribution in [1.29, 1.82) is 0 Å². The van der Waals surface area contributed by atoms with Crippen molar-refractivity contribution in [3.05, 3.63) is 40.7 Å². The standard InChI is InChI=1S/C13H11F5O2/c1-6(2)5-20-8(19)4-3-7-9(14)11(16)13(18)12(17)10(7)15/h3-4,6H,5H2,1-2H3/b4-3+. The molecule has 0 saturated heterocycles. The molecule has 0 unspecified atom stereocenters. The second kappa shape index (κ2) is 6.49. The van der Waals surface area contributed by atoms with Gasteiger partial charge in [0.1, 0.15) is 0 Å². The second-order valence-corrected chi connectivity index (χ2v) is 4.34. The van der Waals surface area contributed by atoms with E-state index >= 15 is 0 Å². The molecule has 0 saturated carbocycles. The Labute approximate surface area is 111 Å². The molecule has 0 heterocycles. The van der Waals surface area contributed by atoms with Crippen LogP contribution in [0.5, 0.6) is 0 Å². The van der Waals surface area contributed by atoms with Gasteiger partial charge in [-0.3, -0.25) is 0 Å². The maximum absolute atomic E-state index is 13.2. The largest absolute Gasteiger partial charge is 0.462 e. The highest BCUT2D eigenvalue weighted by molar-refractivity contribution is 5.87. The maximum atomic E-state index is 13.2. The Kier molecular flexibility index (Phi) is 5.24. The van der Waals surface area contributed by atoms with Gasteiger partial charge in [-0.2, -0.15) is 0 Å². The van der Waals surface area contributed by atoms with Gasteiger partial charge in [-0.25, -0.2) is 26.7 Å². The summed E-state index contributed by atoms with van der Waals surface area (Å²) in [6.07, 6.45) is 1.08. The van der Waals surface area contributed by atoms with Crippen LogP contribution in [0.15, 0.2) is 6.08 Å². The van der Waals surface area contributed by atoms with Crippen LogP contribution >= 0.6 is 0 Å². The molecule has 2 nitrogen and oxygen atoms in total. The lowest BCUT2D eigenvalue weighted by molar-refractivity contribution is -0.138. The van der Waals surface area contributed by atoms with E-state index in [-0.39, 0.29) is 12.5 Å². The van der Waals surface area contributed by atoms with Crippen molar-refractivity contribution < 1.29 is 31.5 Å². The first-order chi connectivity index (χ1) is 9.25. The Morgan fingerprint density at radius 3 is 1.90 bits per heavy atom. The first-order valence-corrected chi connectivity index (χ1v) is 5.62. The van der Waals surface area contributed by atoms with Gasteiger partial charge < -0.3 is 4.74 Å². The van der Waals surface area contributed by atoms with Gasteiger partial charge in [-0.15, -0.1) is 0 Å². The minimum absolute atomic E-state index is 0.0431. The summed E-state index contributed by atoms with van der Waals surface area (Å²) < 4.78 is 69.6. The molecule has 0 aliphatic heterocycles. The third-order valence-corrected chi connectivity index (χ3v) is 2.19. The van der Waals surface area contributed by atoms with E-state index in [2.05, 4.69) is 4.74 Å². The Morgan fingerprint density at radius 1 is 1.00 bits per heavy atom. The van der Waals surface area contributed by atoms with Crippen LogP contribution in [0.3, 0.4) is 0 Å². The molecular weight excluding hydrogens is 283 g/mol. The number of ether oxygens (including phenoxy) is 1. The number of hydrogen-bond acceptors (Lipinski definition) is 2. The Hall–Kier alpha value is -1.92. The zero-order chi connectivity index (χ0) is 15.4. The average Bonchev–Trinajstić information content (AvgIpc) is 2.40. The molecule has 0 atom stereocenters. The summed E-state index contributed by atoms with van der Waals surface area (Å²) in [7, 11) is 0. The highest BCUT2D eigenvalue weighted by Gasteiger charge is 2.24. The van der Waals surface area contributed by atoms with Crippen molar-refractivity contribution in [1.82, 2.24) is 0 Å². The monoisotopic (exact) mass is 294 g/mol. The molecule has 1 rings (SSSR count). The van der Waals surface area contributed by atoms with Crippen molar-refractivity contribution in [3.8, 4) is 0 Å². The lowest BCUT2D eigenvalue weighted by Gasteiger charge is -2.05. The topological polar surface area (TPSA) is 26.3 Å². The van der Waals surface area contributed by atoms with Crippen LogP contribution < -0.4 is 0 Å². The molecule has 0 spiro atoms. The number of halogens is 5. The molecule has 0 N–H and O–H groups in total. The van der Waals surface area contributed by atoms with E-state index in [1.807, 2.05) is 0 Å². The quantitative estimate of drug-likeness (QED) is 0.279. The summed E-state index contributed by atoms with van der Waals surface area (Å²) in [5.41, 5.74) is -1.19. The lowest BCUT2D eigenvalue weighted by Crippen LogP contribution is -2.08. The van der Waals surface area contributed by atoms with Crippen LogP contribution in [0.2, 0.25) is 0 Å². The minimum Gasteiger partial charge on any atom is -0.462 e. The van der Waals surface area contributed by atoms with Crippen LogP contribution in [-0.2, 0) is 9.53 Å². The normalized spacial score (nSPS) is 11.4. The molecule has 20 heavy (non-hydrogen) atoms. The van der Waals surface area contributed by atoms with Crippen molar-refractivity contribution in [3.63, 3.8) is 0 Å². The highest BCUT2D eigenvalue weighted by atomic mass is 19.2. The van der Waals surface area contributed by atoms with Crippen molar-refractivity contribution in [2.45, 2.75) is 13.8 Å². The molecule has 7 heteroatoms. The van der Waals surface area contributed by atoms with E-state index in [4.69, 9.17) is 0 Å². The fourth-order valence-corrected chi connectivity index (χ4v) is 1.22. The first kappa shape index (κ1) is 16.1. The summed E-state index contributed by atoms with van der Waals surface area (Å²) in [6.45, 7) is 3.60. The van der Waals surface area contributed by atoms with Crippen LogP contribution in [0, 0.1) is 35.0 Å². The Morgan fingerprint density at radius 2 is 1.45 bits per heavy atom. The van der Waals surface area contributed by atoms with Gasteiger partial charge >= 0.3 is 5.97 Å². The Bertz CT molecular complexity index is 523. The third-order valence-electron chi connectivity index (χ3n) is 2.19. The van der Waals surface area contributed by atoms with Crippen molar-refractivity contribution in [2.24, 2.45) is 5.92 Å². The summed E-state index contributed by atoms with van der Waals surface area (Å²) in [6, 6.07) is 0. The number of carbonyl (C=O) groups is 1. The molecule has 0 aliphatic carbocycles. The first-order valence-electron chi connectivity index (χ1n) is 5.62. The summed E-state index contributed by atoms with van der Waals surface area (Å²) in [4.78, 5) is 11.2. The van der Waals surface area contributed by atoms with Crippen LogP contribution in [0.4, 0.5) is 22.0 Å². The van der Waals surface area contributed by atoms with Gasteiger partial charge in [0.15, 0.2) is 23.3 Å². The lowest BCUT2D eigenvalue weighted by atomic mass is 10.1. The SMILES string of the molecule is CC(C)COC(=O)/C=C/c1c(F)c(F)c(F)c(F)c1F. The van der Waals surface area contributed by atoms with Gasteiger partial charge in [0.2, 0.25) is 5.82 Å². The van der Waals surface area contributed by atoms with E-state index in [1.54, 1.807) is 13.8 Å². The molecule has 1 aromatic carbocycles. The summed E-state index contributed by atoms with van der Waals surface area (Å²) in [5.74, 6) is -11.3. The molecule has 0 aliphatic rings. The second-order valence-electron chi connectivity index (χ2n) is 4.34.